The molecule has 0 aliphatic heterocycles. The number of aliphatic hydroxyl groups is 1. The van der Waals surface area contributed by atoms with Crippen LogP contribution < -0.4 is 0 Å². The third kappa shape index (κ3) is 1.12. The lowest BCUT2D eigenvalue weighted by atomic mass is 9.77. The third-order valence-corrected chi connectivity index (χ3v) is 3.16. The number of esters is 1. The molecule has 70 valence electrons. The van der Waals surface area contributed by atoms with Crippen LogP contribution in [0.3, 0.4) is 0 Å². The van der Waals surface area contributed by atoms with Crippen molar-refractivity contribution in [3.8, 4) is 0 Å². The summed E-state index contributed by atoms with van der Waals surface area (Å²) in [6.07, 6.45) is 2.28. The molecule has 1 N–H and O–H groups in total. The molecular weight excluding hydrogens is 156 g/mol. The van der Waals surface area contributed by atoms with Crippen LogP contribution in [0.5, 0.6) is 0 Å². The molecule has 0 aromatic rings. The molecule has 0 bridgehead atoms. The molecule has 2 unspecified atom stereocenters. The van der Waals surface area contributed by atoms with E-state index in [9.17, 15) is 9.90 Å². The average molecular weight is 172 g/mol. The highest BCUT2D eigenvalue weighted by atomic mass is 16.5. The summed E-state index contributed by atoms with van der Waals surface area (Å²) in [5.41, 5.74) is -1.61. The number of carbonyl (C=O) groups is 1. The minimum absolute atomic E-state index is 0.301. The zero-order chi connectivity index (χ0) is 9.41. The molecule has 0 saturated heterocycles. The molecule has 0 heterocycles. The van der Waals surface area contributed by atoms with E-state index in [1.807, 2.05) is 0 Å². The van der Waals surface area contributed by atoms with Crippen LogP contribution in [0.15, 0.2) is 0 Å². The van der Waals surface area contributed by atoms with Gasteiger partial charge in [-0.25, -0.2) is 0 Å². The average Bonchev–Trinajstić information content (AvgIpc) is 2.26. The van der Waals surface area contributed by atoms with Crippen molar-refractivity contribution in [2.75, 3.05) is 7.11 Å². The van der Waals surface area contributed by atoms with Crippen LogP contribution in [0.2, 0.25) is 0 Å². The number of hydrogen-bond acceptors (Lipinski definition) is 3. The quantitative estimate of drug-likeness (QED) is 0.602. The molecule has 0 amide bonds. The van der Waals surface area contributed by atoms with E-state index >= 15 is 0 Å². The van der Waals surface area contributed by atoms with Crippen molar-refractivity contribution in [2.24, 2.45) is 5.41 Å². The first-order valence-electron chi connectivity index (χ1n) is 4.25. The molecule has 0 radical (unpaired) electrons. The lowest BCUT2D eigenvalue weighted by Gasteiger charge is -2.33. The second-order valence-corrected chi connectivity index (χ2v) is 3.95. The molecular formula is C9H16O3. The molecule has 1 rings (SSSR count). The van der Waals surface area contributed by atoms with Crippen LogP contribution in [-0.2, 0) is 9.53 Å². The van der Waals surface area contributed by atoms with Crippen LogP contribution in [0.1, 0.15) is 33.1 Å². The number of methoxy groups -OCH3 is 1. The van der Waals surface area contributed by atoms with Gasteiger partial charge in [0.05, 0.1) is 18.1 Å². The van der Waals surface area contributed by atoms with Gasteiger partial charge in [0.1, 0.15) is 0 Å². The van der Waals surface area contributed by atoms with Gasteiger partial charge in [0.15, 0.2) is 0 Å². The Morgan fingerprint density at radius 1 is 1.42 bits per heavy atom. The summed E-state index contributed by atoms with van der Waals surface area (Å²) >= 11 is 0. The lowest BCUT2D eigenvalue weighted by Crippen LogP contribution is -2.45. The number of hydrogen-bond donors (Lipinski definition) is 1. The van der Waals surface area contributed by atoms with Crippen LogP contribution in [0.25, 0.3) is 0 Å². The second kappa shape index (κ2) is 2.73. The Bertz CT molecular complexity index is 198. The van der Waals surface area contributed by atoms with E-state index in [1.165, 1.54) is 7.11 Å². The van der Waals surface area contributed by atoms with E-state index in [1.54, 1.807) is 13.8 Å². The van der Waals surface area contributed by atoms with Crippen LogP contribution in [0.4, 0.5) is 0 Å². The van der Waals surface area contributed by atoms with Crippen LogP contribution >= 0.6 is 0 Å². The second-order valence-electron chi connectivity index (χ2n) is 3.95. The van der Waals surface area contributed by atoms with Gasteiger partial charge in [-0.05, 0) is 33.1 Å². The maximum Gasteiger partial charge on any atom is 0.314 e. The Labute approximate surface area is 72.7 Å². The van der Waals surface area contributed by atoms with Gasteiger partial charge < -0.3 is 9.84 Å². The zero-order valence-corrected chi connectivity index (χ0v) is 7.89. The Balaban J connectivity index is 2.90. The maximum atomic E-state index is 11.4. The predicted molar refractivity (Wildman–Crippen MR) is 44.6 cm³/mol. The standard InChI is InChI=1S/C9H16O3/c1-8(7(10)12-3)5-4-6-9(8,2)11/h11H,4-6H2,1-3H3. The molecule has 3 nitrogen and oxygen atoms in total. The van der Waals surface area contributed by atoms with Crippen LogP contribution in [0, 0.1) is 5.41 Å². The first-order chi connectivity index (χ1) is 5.44. The fourth-order valence-corrected chi connectivity index (χ4v) is 1.88. The predicted octanol–water partition coefficient (Wildman–Crippen LogP) is 1.10. The van der Waals surface area contributed by atoms with E-state index in [0.29, 0.717) is 12.8 Å². The molecule has 3 heteroatoms. The first-order valence-corrected chi connectivity index (χ1v) is 4.25. The van der Waals surface area contributed by atoms with E-state index in [4.69, 9.17) is 0 Å². The Kier molecular flexibility index (Phi) is 2.17. The molecule has 12 heavy (non-hydrogen) atoms. The molecule has 1 fully saturated rings. The van der Waals surface area contributed by atoms with Gasteiger partial charge >= 0.3 is 5.97 Å². The van der Waals surface area contributed by atoms with Gasteiger partial charge in [-0.15, -0.1) is 0 Å². The van der Waals surface area contributed by atoms with Gasteiger partial charge in [-0.1, -0.05) is 0 Å². The fourth-order valence-electron chi connectivity index (χ4n) is 1.88. The van der Waals surface area contributed by atoms with Gasteiger partial charge in [0, 0.05) is 0 Å². The largest absolute Gasteiger partial charge is 0.469 e. The van der Waals surface area contributed by atoms with Crippen molar-refractivity contribution >= 4 is 5.97 Å². The summed E-state index contributed by atoms with van der Waals surface area (Å²) in [4.78, 5) is 11.4. The van der Waals surface area contributed by atoms with Gasteiger partial charge in [-0.3, -0.25) is 4.79 Å². The Morgan fingerprint density at radius 2 is 2.00 bits per heavy atom. The van der Waals surface area contributed by atoms with Crippen molar-refractivity contribution < 1.29 is 14.6 Å². The van der Waals surface area contributed by atoms with Crippen molar-refractivity contribution in [2.45, 2.75) is 38.7 Å². The number of ether oxygens (including phenoxy) is 1. The normalized spacial score (nSPS) is 41.3. The van der Waals surface area contributed by atoms with E-state index in [0.717, 1.165) is 6.42 Å². The monoisotopic (exact) mass is 172 g/mol. The zero-order valence-electron chi connectivity index (χ0n) is 7.89. The Morgan fingerprint density at radius 3 is 2.33 bits per heavy atom. The van der Waals surface area contributed by atoms with Gasteiger partial charge in [-0.2, -0.15) is 0 Å². The van der Waals surface area contributed by atoms with Crippen LogP contribution in [-0.4, -0.2) is 23.8 Å². The molecule has 2 atom stereocenters. The van der Waals surface area contributed by atoms with E-state index in [2.05, 4.69) is 4.74 Å². The van der Waals surface area contributed by atoms with Gasteiger partial charge in [0.2, 0.25) is 0 Å². The lowest BCUT2D eigenvalue weighted by molar-refractivity contribution is -0.164. The highest BCUT2D eigenvalue weighted by molar-refractivity contribution is 5.78. The molecule has 0 aromatic carbocycles. The minimum Gasteiger partial charge on any atom is -0.469 e. The summed E-state index contributed by atoms with van der Waals surface area (Å²) in [7, 11) is 1.36. The van der Waals surface area contributed by atoms with Crippen molar-refractivity contribution in [3.05, 3.63) is 0 Å². The summed E-state index contributed by atoms with van der Waals surface area (Å²) in [5, 5.41) is 9.91. The Hall–Kier alpha value is -0.570. The molecule has 0 spiro atoms. The third-order valence-electron chi connectivity index (χ3n) is 3.16. The fraction of sp³-hybridized carbons (Fsp3) is 0.889. The van der Waals surface area contributed by atoms with E-state index < -0.39 is 11.0 Å². The smallest absolute Gasteiger partial charge is 0.314 e. The topological polar surface area (TPSA) is 46.5 Å². The summed E-state index contributed by atoms with van der Waals surface area (Å²) in [5.74, 6) is -0.301. The van der Waals surface area contributed by atoms with Crippen molar-refractivity contribution in [1.29, 1.82) is 0 Å². The summed E-state index contributed by atoms with van der Waals surface area (Å²) < 4.78 is 4.67. The number of carbonyl (C=O) groups excluding carboxylic acids is 1. The SMILES string of the molecule is COC(=O)C1(C)CCCC1(C)O. The van der Waals surface area contributed by atoms with Crippen molar-refractivity contribution in [3.63, 3.8) is 0 Å². The molecule has 0 aromatic heterocycles. The summed E-state index contributed by atoms with van der Waals surface area (Å²) in [6, 6.07) is 0. The van der Waals surface area contributed by atoms with Crippen molar-refractivity contribution in [1.82, 2.24) is 0 Å². The van der Waals surface area contributed by atoms with Gasteiger partial charge in [0.25, 0.3) is 0 Å². The van der Waals surface area contributed by atoms with E-state index in [-0.39, 0.29) is 5.97 Å². The molecule has 1 saturated carbocycles. The number of rotatable bonds is 1. The first kappa shape index (κ1) is 9.52. The highest BCUT2D eigenvalue weighted by Gasteiger charge is 2.53. The summed E-state index contributed by atoms with van der Waals surface area (Å²) in [6.45, 7) is 3.47. The molecule has 1 aliphatic carbocycles. The maximum absolute atomic E-state index is 11.4. The molecule has 1 aliphatic rings. The minimum atomic E-state index is -0.903. The highest BCUT2D eigenvalue weighted by Crippen LogP contribution is 2.46.